The molecule has 0 aliphatic heterocycles. The molecule has 0 fully saturated rings. The SMILES string of the molecule is COC(=O)c1sccc1-c1ccc(C=NO)o1. The van der Waals surface area contributed by atoms with Crippen molar-refractivity contribution in [2.24, 2.45) is 5.16 Å². The second-order valence-corrected chi connectivity index (χ2v) is 4.02. The summed E-state index contributed by atoms with van der Waals surface area (Å²) in [6, 6.07) is 5.12. The minimum atomic E-state index is -0.399. The second-order valence-electron chi connectivity index (χ2n) is 3.10. The number of carbonyl (C=O) groups is 1. The predicted octanol–water partition coefficient (Wildman–Crippen LogP) is 2.60. The van der Waals surface area contributed by atoms with E-state index in [1.54, 1.807) is 23.6 Å². The maximum atomic E-state index is 11.5. The lowest BCUT2D eigenvalue weighted by Gasteiger charge is -1.98. The number of ether oxygens (including phenoxy) is 1. The third-order valence-electron chi connectivity index (χ3n) is 2.11. The van der Waals surface area contributed by atoms with Crippen molar-refractivity contribution in [2.45, 2.75) is 0 Å². The minimum Gasteiger partial charge on any atom is -0.465 e. The Labute approximate surface area is 101 Å². The van der Waals surface area contributed by atoms with Crippen LogP contribution in [0.1, 0.15) is 15.4 Å². The van der Waals surface area contributed by atoms with Crippen molar-refractivity contribution in [3.8, 4) is 11.3 Å². The van der Waals surface area contributed by atoms with Crippen LogP contribution in [0.5, 0.6) is 0 Å². The second kappa shape index (κ2) is 4.84. The van der Waals surface area contributed by atoms with Crippen molar-refractivity contribution in [3.63, 3.8) is 0 Å². The molecule has 88 valence electrons. The molecule has 2 heterocycles. The van der Waals surface area contributed by atoms with E-state index in [0.29, 0.717) is 22.0 Å². The summed E-state index contributed by atoms with van der Waals surface area (Å²) in [5, 5.41) is 13.0. The molecule has 0 unspecified atom stereocenters. The van der Waals surface area contributed by atoms with Gasteiger partial charge in [-0.05, 0) is 23.6 Å². The summed E-state index contributed by atoms with van der Waals surface area (Å²) < 4.78 is 10.1. The first kappa shape index (κ1) is 11.4. The highest BCUT2D eigenvalue weighted by Crippen LogP contribution is 2.30. The fraction of sp³-hybridized carbons (Fsp3) is 0.0909. The number of furan rings is 1. The highest BCUT2D eigenvalue weighted by molar-refractivity contribution is 7.12. The van der Waals surface area contributed by atoms with Crippen LogP contribution in [-0.4, -0.2) is 24.5 Å². The molecule has 0 aliphatic rings. The molecule has 0 atom stereocenters. The lowest BCUT2D eigenvalue weighted by atomic mass is 10.2. The molecule has 2 aromatic heterocycles. The van der Waals surface area contributed by atoms with Crippen molar-refractivity contribution in [2.75, 3.05) is 7.11 Å². The fourth-order valence-corrected chi connectivity index (χ4v) is 2.19. The third kappa shape index (κ3) is 2.21. The zero-order chi connectivity index (χ0) is 12.3. The molecule has 17 heavy (non-hydrogen) atoms. The van der Waals surface area contributed by atoms with Crippen LogP contribution in [0.15, 0.2) is 33.2 Å². The van der Waals surface area contributed by atoms with Gasteiger partial charge in [0.15, 0.2) is 0 Å². The average Bonchev–Trinajstić information content (AvgIpc) is 2.95. The summed E-state index contributed by atoms with van der Waals surface area (Å²) in [6.07, 6.45) is 1.17. The van der Waals surface area contributed by atoms with E-state index >= 15 is 0 Å². The Kier molecular flexibility index (Phi) is 3.24. The standard InChI is InChI=1S/C11H9NO4S/c1-15-11(13)10-8(4-5-17-10)9-3-2-7(16-9)6-12-14/h2-6,14H,1H3. The van der Waals surface area contributed by atoms with E-state index in [-0.39, 0.29) is 0 Å². The molecule has 0 aliphatic carbocycles. The van der Waals surface area contributed by atoms with Gasteiger partial charge in [0.1, 0.15) is 22.6 Å². The highest BCUT2D eigenvalue weighted by Gasteiger charge is 2.17. The van der Waals surface area contributed by atoms with Gasteiger partial charge in [-0.1, -0.05) is 5.16 Å². The van der Waals surface area contributed by atoms with Crippen molar-refractivity contribution in [1.29, 1.82) is 0 Å². The molecule has 0 spiro atoms. The molecular weight excluding hydrogens is 242 g/mol. The normalized spacial score (nSPS) is 10.9. The van der Waals surface area contributed by atoms with Crippen molar-refractivity contribution in [3.05, 3.63) is 34.2 Å². The Bertz CT molecular complexity index is 555. The quantitative estimate of drug-likeness (QED) is 0.394. The molecule has 2 aromatic rings. The fourth-order valence-electron chi connectivity index (χ4n) is 1.38. The summed E-state index contributed by atoms with van der Waals surface area (Å²) in [6.45, 7) is 0. The number of thiophene rings is 1. The van der Waals surface area contributed by atoms with Gasteiger partial charge in [0.2, 0.25) is 0 Å². The van der Waals surface area contributed by atoms with E-state index in [1.165, 1.54) is 24.7 Å². The number of oxime groups is 1. The van der Waals surface area contributed by atoms with E-state index in [9.17, 15) is 4.79 Å². The molecule has 0 bridgehead atoms. The van der Waals surface area contributed by atoms with Gasteiger partial charge in [0, 0.05) is 5.56 Å². The van der Waals surface area contributed by atoms with Crippen molar-refractivity contribution in [1.82, 2.24) is 0 Å². The van der Waals surface area contributed by atoms with Gasteiger partial charge in [-0.2, -0.15) is 0 Å². The van der Waals surface area contributed by atoms with Crippen LogP contribution in [0.2, 0.25) is 0 Å². The van der Waals surface area contributed by atoms with E-state index < -0.39 is 5.97 Å². The largest absolute Gasteiger partial charge is 0.465 e. The lowest BCUT2D eigenvalue weighted by Crippen LogP contribution is -1.99. The molecule has 0 radical (unpaired) electrons. The zero-order valence-corrected chi connectivity index (χ0v) is 9.73. The number of carbonyl (C=O) groups excluding carboxylic acids is 1. The van der Waals surface area contributed by atoms with E-state index in [4.69, 9.17) is 9.62 Å². The molecule has 0 amide bonds. The van der Waals surface area contributed by atoms with Crippen LogP contribution >= 0.6 is 11.3 Å². The molecule has 1 N–H and O–H groups in total. The van der Waals surface area contributed by atoms with Crippen LogP contribution in [0.25, 0.3) is 11.3 Å². The maximum Gasteiger partial charge on any atom is 0.348 e. The molecular formula is C11H9NO4S. The first-order valence-electron chi connectivity index (χ1n) is 4.69. The van der Waals surface area contributed by atoms with Gasteiger partial charge in [-0.15, -0.1) is 11.3 Å². The summed E-state index contributed by atoms with van der Waals surface area (Å²) in [5.41, 5.74) is 0.666. The molecule has 6 heteroatoms. The van der Waals surface area contributed by atoms with Crippen molar-refractivity contribution < 1.29 is 19.2 Å². The monoisotopic (exact) mass is 251 g/mol. The summed E-state index contributed by atoms with van der Waals surface area (Å²) in [5.74, 6) is 0.537. The number of rotatable bonds is 3. The van der Waals surface area contributed by atoms with Gasteiger partial charge in [0.05, 0.1) is 7.11 Å². The molecule has 0 aromatic carbocycles. The number of esters is 1. The Morgan fingerprint density at radius 1 is 1.53 bits per heavy atom. The summed E-state index contributed by atoms with van der Waals surface area (Å²) in [7, 11) is 1.33. The Morgan fingerprint density at radius 3 is 3.06 bits per heavy atom. The number of methoxy groups -OCH3 is 1. The third-order valence-corrected chi connectivity index (χ3v) is 3.01. The van der Waals surface area contributed by atoms with Gasteiger partial charge >= 0.3 is 5.97 Å². The van der Waals surface area contributed by atoms with E-state index in [2.05, 4.69) is 9.89 Å². The summed E-state index contributed by atoms with van der Waals surface area (Å²) >= 11 is 1.28. The van der Waals surface area contributed by atoms with E-state index in [1.807, 2.05) is 0 Å². The first-order valence-corrected chi connectivity index (χ1v) is 5.57. The van der Waals surface area contributed by atoms with Crippen LogP contribution < -0.4 is 0 Å². The Morgan fingerprint density at radius 2 is 2.35 bits per heavy atom. The molecule has 5 nitrogen and oxygen atoms in total. The number of hydrogen-bond donors (Lipinski definition) is 1. The van der Waals surface area contributed by atoms with E-state index in [0.717, 1.165) is 0 Å². The minimum absolute atomic E-state index is 0.399. The highest BCUT2D eigenvalue weighted by atomic mass is 32.1. The van der Waals surface area contributed by atoms with Gasteiger partial charge < -0.3 is 14.4 Å². The van der Waals surface area contributed by atoms with Crippen LogP contribution in [-0.2, 0) is 4.74 Å². The van der Waals surface area contributed by atoms with Crippen LogP contribution in [0.3, 0.4) is 0 Å². The first-order chi connectivity index (χ1) is 8.26. The van der Waals surface area contributed by atoms with Crippen LogP contribution in [0, 0.1) is 0 Å². The number of hydrogen-bond acceptors (Lipinski definition) is 6. The maximum absolute atomic E-state index is 11.5. The van der Waals surface area contributed by atoms with Crippen molar-refractivity contribution >= 4 is 23.5 Å². The van der Waals surface area contributed by atoms with Gasteiger partial charge in [-0.3, -0.25) is 0 Å². The predicted molar refractivity (Wildman–Crippen MR) is 62.7 cm³/mol. The Hall–Kier alpha value is -2.08. The summed E-state index contributed by atoms with van der Waals surface area (Å²) in [4.78, 5) is 12.0. The Balaban J connectivity index is 2.39. The zero-order valence-electron chi connectivity index (χ0n) is 8.91. The lowest BCUT2D eigenvalue weighted by molar-refractivity contribution is 0.0607. The molecule has 2 rings (SSSR count). The molecule has 0 saturated carbocycles. The van der Waals surface area contributed by atoms with Gasteiger partial charge in [0.25, 0.3) is 0 Å². The topological polar surface area (TPSA) is 72.0 Å². The van der Waals surface area contributed by atoms with Gasteiger partial charge in [-0.25, -0.2) is 4.79 Å². The average molecular weight is 251 g/mol. The van der Waals surface area contributed by atoms with Crippen LogP contribution in [0.4, 0.5) is 0 Å². The molecule has 0 saturated heterocycles. The number of nitrogens with zero attached hydrogens (tertiary/aromatic N) is 1. The smallest absolute Gasteiger partial charge is 0.348 e.